The molecule has 1 aromatic rings. The zero-order chi connectivity index (χ0) is 14.3. The molecular weight excluding hydrogens is 264 g/mol. The summed E-state index contributed by atoms with van der Waals surface area (Å²) in [4.78, 5) is 31.0. The Balaban J connectivity index is 1.88. The number of ether oxygens (including phenoxy) is 1. The second kappa shape index (κ2) is 4.62. The average Bonchev–Trinajstić information content (AvgIpc) is 2.49. The highest BCUT2D eigenvalue weighted by atomic mass is 16.5. The number of anilines is 1. The first kappa shape index (κ1) is 12.6. The fourth-order valence-electron chi connectivity index (χ4n) is 2.41. The third kappa shape index (κ3) is 2.02. The van der Waals surface area contributed by atoms with Gasteiger partial charge in [0.25, 0.3) is 5.91 Å². The van der Waals surface area contributed by atoms with E-state index in [9.17, 15) is 9.59 Å². The maximum atomic E-state index is 11.8. The minimum atomic E-state index is -0.806. The number of fused-ring (bicyclic) bond motifs is 1. The number of carbonyl (C=O) groups is 2. The molecule has 2 heterocycles. The van der Waals surface area contributed by atoms with Crippen LogP contribution in [0.2, 0.25) is 0 Å². The van der Waals surface area contributed by atoms with Crippen LogP contribution in [-0.2, 0) is 4.79 Å². The molecule has 3 rings (SSSR count). The van der Waals surface area contributed by atoms with Crippen molar-refractivity contribution in [2.45, 2.75) is 18.8 Å². The molecule has 0 saturated heterocycles. The van der Waals surface area contributed by atoms with E-state index < -0.39 is 5.97 Å². The molecule has 0 bridgehead atoms. The minimum absolute atomic E-state index is 0.0429. The van der Waals surface area contributed by atoms with Gasteiger partial charge in [-0.3, -0.25) is 9.59 Å². The van der Waals surface area contributed by atoms with Gasteiger partial charge in [0.15, 0.2) is 0 Å². The standard InChI is InChI=1S/C12H14N4O4/c13-8-7-10(17)14-1-2-20-11(7)16-9(15-8)5-3-6(4-5)12(18)19/h5-6H,1-4H2,(H,14,17)(H,18,19)(H2,13,15,16). The largest absolute Gasteiger partial charge is 0.481 e. The Morgan fingerprint density at radius 2 is 2.15 bits per heavy atom. The molecule has 8 nitrogen and oxygen atoms in total. The second-order valence-corrected chi connectivity index (χ2v) is 4.96. The molecule has 0 radical (unpaired) electrons. The molecular formula is C12H14N4O4. The number of aliphatic carboxylic acids is 1. The van der Waals surface area contributed by atoms with Crippen molar-refractivity contribution < 1.29 is 19.4 Å². The number of nitrogens with two attached hydrogens (primary N) is 1. The van der Waals surface area contributed by atoms with Crippen molar-refractivity contribution >= 4 is 17.7 Å². The van der Waals surface area contributed by atoms with Crippen LogP contribution < -0.4 is 15.8 Å². The summed E-state index contributed by atoms with van der Waals surface area (Å²) in [6.07, 6.45) is 0.972. The molecule has 8 heteroatoms. The van der Waals surface area contributed by atoms with Crippen LogP contribution in [0.3, 0.4) is 0 Å². The molecule has 0 spiro atoms. The van der Waals surface area contributed by atoms with Crippen LogP contribution in [0.15, 0.2) is 0 Å². The van der Waals surface area contributed by atoms with Gasteiger partial charge in [0.2, 0.25) is 5.88 Å². The fraction of sp³-hybridized carbons (Fsp3) is 0.500. The topological polar surface area (TPSA) is 127 Å². The summed E-state index contributed by atoms with van der Waals surface area (Å²) >= 11 is 0. The zero-order valence-electron chi connectivity index (χ0n) is 10.6. The van der Waals surface area contributed by atoms with Gasteiger partial charge in [-0.25, -0.2) is 4.98 Å². The summed E-state index contributed by atoms with van der Waals surface area (Å²) in [5.41, 5.74) is 5.96. The quantitative estimate of drug-likeness (QED) is 0.681. The predicted molar refractivity (Wildman–Crippen MR) is 67.4 cm³/mol. The molecule has 2 aliphatic rings. The van der Waals surface area contributed by atoms with E-state index in [2.05, 4.69) is 15.3 Å². The summed E-state index contributed by atoms with van der Waals surface area (Å²) in [5, 5.41) is 11.5. The third-order valence-corrected chi connectivity index (χ3v) is 3.63. The number of amides is 1. The van der Waals surface area contributed by atoms with Crippen LogP contribution in [0.5, 0.6) is 5.88 Å². The Kier molecular flexibility index (Phi) is 2.92. The van der Waals surface area contributed by atoms with E-state index in [1.54, 1.807) is 0 Å². The summed E-state index contributed by atoms with van der Waals surface area (Å²) in [6.45, 7) is 0.700. The Hall–Kier alpha value is -2.38. The molecule has 0 unspecified atom stereocenters. The summed E-state index contributed by atoms with van der Waals surface area (Å²) in [6, 6.07) is 0. The number of nitrogen functional groups attached to an aromatic ring is 1. The molecule has 4 N–H and O–H groups in total. The van der Waals surface area contributed by atoms with Crippen molar-refractivity contribution in [3.8, 4) is 5.88 Å². The molecule has 1 aliphatic heterocycles. The lowest BCUT2D eigenvalue weighted by molar-refractivity contribution is -0.145. The van der Waals surface area contributed by atoms with Gasteiger partial charge in [-0.05, 0) is 12.8 Å². The predicted octanol–water partition coefficient (Wildman–Crippen LogP) is -0.241. The Morgan fingerprint density at radius 1 is 1.40 bits per heavy atom. The number of hydrogen-bond donors (Lipinski definition) is 3. The highest BCUT2D eigenvalue weighted by molar-refractivity contribution is 6.00. The summed E-state index contributed by atoms with van der Waals surface area (Å²) < 4.78 is 5.40. The SMILES string of the molecule is Nc1nc(C2CC(C(=O)O)C2)nc2c1C(=O)NCCO2. The normalized spacial score (nSPS) is 24.7. The number of aromatic nitrogens is 2. The van der Waals surface area contributed by atoms with Crippen molar-refractivity contribution in [2.24, 2.45) is 5.92 Å². The Morgan fingerprint density at radius 3 is 2.85 bits per heavy atom. The molecule has 1 aromatic heterocycles. The molecule has 0 aromatic carbocycles. The minimum Gasteiger partial charge on any atom is -0.481 e. The first-order chi connectivity index (χ1) is 9.56. The van der Waals surface area contributed by atoms with E-state index in [4.69, 9.17) is 15.6 Å². The fourth-order valence-corrected chi connectivity index (χ4v) is 2.41. The molecule has 20 heavy (non-hydrogen) atoms. The van der Waals surface area contributed by atoms with E-state index in [0.29, 0.717) is 31.8 Å². The highest BCUT2D eigenvalue weighted by Gasteiger charge is 2.38. The van der Waals surface area contributed by atoms with Gasteiger partial charge in [-0.2, -0.15) is 4.98 Å². The van der Waals surface area contributed by atoms with Crippen LogP contribution in [0, 0.1) is 5.92 Å². The lowest BCUT2D eigenvalue weighted by Gasteiger charge is -2.31. The number of nitrogens with one attached hydrogen (secondary N) is 1. The zero-order valence-corrected chi connectivity index (χ0v) is 10.6. The summed E-state index contributed by atoms with van der Waals surface area (Å²) in [5.74, 6) is -0.845. The van der Waals surface area contributed by atoms with Gasteiger partial charge in [-0.15, -0.1) is 0 Å². The van der Waals surface area contributed by atoms with Crippen molar-refractivity contribution in [2.75, 3.05) is 18.9 Å². The molecule has 0 atom stereocenters. The smallest absolute Gasteiger partial charge is 0.306 e. The molecule has 1 amide bonds. The Bertz CT molecular complexity index is 583. The van der Waals surface area contributed by atoms with Crippen LogP contribution >= 0.6 is 0 Å². The highest BCUT2D eigenvalue weighted by Crippen LogP contribution is 2.41. The van der Waals surface area contributed by atoms with Crippen LogP contribution in [0.25, 0.3) is 0 Å². The van der Waals surface area contributed by atoms with Crippen molar-refractivity contribution in [1.82, 2.24) is 15.3 Å². The van der Waals surface area contributed by atoms with Crippen molar-refractivity contribution in [3.63, 3.8) is 0 Å². The average molecular weight is 278 g/mol. The van der Waals surface area contributed by atoms with Crippen LogP contribution in [0.1, 0.15) is 34.9 Å². The van der Waals surface area contributed by atoms with E-state index in [1.807, 2.05) is 0 Å². The van der Waals surface area contributed by atoms with Gasteiger partial charge in [0.05, 0.1) is 12.5 Å². The van der Waals surface area contributed by atoms with Crippen molar-refractivity contribution in [1.29, 1.82) is 0 Å². The maximum Gasteiger partial charge on any atom is 0.306 e. The molecule has 1 aliphatic carbocycles. The number of carboxylic acid groups (broad SMARTS) is 1. The van der Waals surface area contributed by atoms with Gasteiger partial charge < -0.3 is 20.9 Å². The molecule has 1 fully saturated rings. The monoisotopic (exact) mass is 278 g/mol. The lowest BCUT2D eigenvalue weighted by atomic mass is 9.74. The summed E-state index contributed by atoms with van der Waals surface area (Å²) in [7, 11) is 0. The number of carboxylic acids is 1. The first-order valence-electron chi connectivity index (χ1n) is 6.37. The van der Waals surface area contributed by atoms with Crippen molar-refractivity contribution in [3.05, 3.63) is 11.4 Å². The molecule has 106 valence electrons. The third-order valence-electron chi connectivity index (χ3n) is 3.63. The maximum absolute atomic E-state index is 11.8. The van der Waals surface area contributed by atoms with E-state index in [-0.39, 0.29) is 35.0 Å². The van der Waals surface area contributed by atoms with E-state index in [0.717, 1.165) is 0 Å². The van der Waals surface area contributed by atoms with Crippen LogP contribution in [-0.4, -0.2) is 40.1 Å². The van der Waals surface area contributed by atoms with E-state index >= 15 is 0 Å². The van der Waals surface area contributed by atoms with E-state index in [1.165, 1.54) is 0 Å². The first-order valence-corrected chi connectivity index (χ1v) is 6.37. The lowest BCUT2D eigenvalue weighted by Crippen LogP contribution is -2.30. The van der Waals surface area contributed by atoms with Crippen LogP contribution in [0.4, 0.5) is 5.82 Å². The van der Waals surface area contributed by atoms with Gasteiger partial charge in [0.1, 0.15) is 23.8 Å². The number of rotatable bonds is 2. The second-order valence-electron chi connectivity index (χ2n) is 4.96. The van der Waals surface area contributed by atoms with Gasteiger partial charge >= 0.3 is 5.97 Å². The van der Waals surface area contributed by atoms with Gasteiger partial charge in [-0.1, -0.05) is 0 Å². The molecule has 1 saturated carbocycles. The number of hydrogen-bond acceptors (Lipinski definition) is 6. The van der Waals surface area contributed by atoms with Gasteiger partial charge in [0, 0.05) is 5.92 Å². The number of nitrogens with zero attached hydrogens (tertiary/aromatic N) is 2. The Labute approximate surface area is 114 Å². The number of carbonyl (C=O) groups excluding carboxylic acids is 1.